The molecule has 176 valence electrons. The molecule has 2 amide bonds. The normalized spacial score (nSPS) is 14.9. The van der Waals surface area contributed by atoms with Gasteiger partial charge in [-0.25, -0.2) is 0 Å². The summed E-state index contributed by atoms with van der Waals surface area (Å²) in [6.45, 7) is 5.88. The van der Waals surface area contributed by atoms with Crippen LogP contribution in [0.1, 0.15) is 24.1 Å². The highest BCUT2D eigenvalue weighted by molar-refractivity contribution is 6.39. The van der Waals surface area contributed by atoms with Crippen LogP contribution in [0, 0.1) is 0 Å². The van der Waals surface area contributed by atoms with Gasteiger partial charge in [0.2, 0.25) is 0 Å². The Morgan fingerprint density at radius 2 is 1.65 bits per heavy atom. The minimum atomic E-state index is -0.664. The van der Waals surface area contributed by atoms with E-state index in [4.69, 9.17) is 0 Å². The van der Waals surface area contributed by atoms with Crippen molar-refractivity contribution in [2.75, 3.05) is 42.9 Å². The highest BCUT2D eigenvalue weighted by Gasteiger charge is 2.26. The minimum absolute atomic E-state index is 0.0628. The average molecular weight is 458 g/mol. The van der Waals surface area contributed by atoms with Crippen molar-refractivity contribution in [3.63, 3.8) is 0 Å². The fraction of sp³-hybridized carbons (Fsp3) is 0.296. The lowest BCUT2D eigenvalue weighted by atomic mass is 10.1. The van der Waals surface area contributed by atoms with E-state index >= 15 is 0 Å². The Morgan fingerprint density at radius 3 is 2.29 bits per heavy atom. The van der Waals surface area contributed by atoms with Gasteiger partial charge >= 0.3 is 11.8 Å². The van der Waals surface area contributed by atoms with Gasteiger partial charge in [0.15, 0.2) is 0 Å². The molecule has 1 aromatic heterocycles. The zero-order valence-electron chi connectivity index (χ0n) is 19.5. The van der Waals surface area contributed by atoms with Crippen LogP contribution in [-0.2, 0) is 16.0 Å². The molecule has 0 aliphatic carbocycles. The molecule has 1 atom stereocenters. The number of amides is 2. The number of pyridine rings is 1. The Morgan fingerprint density at radius 1 is 0.912 bits per heavy atom. The van der Waals surface area contributed by atoms with E-state index in [9.17, 15) is 9.59 Å². The van der Waals surface area contributed by atoms with Crippen LogP contribution in [0.15, 0.2) is 79.1 Å². The first-order valence-corrected chi connectivity index (χ1v) is 11.8. The summed E-state index contributed by atoms with van der Waals surface area (Å²) in [6, 6.07) is 21.8. The van der Waals surface area contributed by atoms with Crippen LogP contribution >= 0.6 is 0 Å². The van der Waals surface area contributed by atoms with Gasteiger partial charge in [-0.2, -0.15) is 0 Å². The number of hydrogen-bond donors (Lipinski definition) is 2. The van der Waals surface area contributed by atoms with Gasteiger partial charge in [-0.15, -0.1) is 0 Å². The predicted molar refractivity (Wildman–Crippen MR) is 135 cm³/mol. The van der Waals surface area contributed by atoms with Crippen LogP contribution < -0.4 is 15.5 Å². The van der Waals surface area contributed by atoms with Crippen molar-refractivity contribution in [2.45, 2.75) is 19.4 Å². The lowest BCUT2D eigenvalue weighted by molar-refractivity contribution is -0.136. The Balaban J connectivity index is 1.37. The monoisotopic (exact) mass is 457 g/mol. The van der Waals surface area contributed by atoms with Crippen molar-refractivity contribution in [2.24, 2.45) is 0 Å². The molecule has 0 spiro atoms. The molecular weight excluding hydrogens is 426 g/mol. The van der Waals surface area contributed by atoms with Crippen molar-refractivity contribution < 1.29 is 9.59 Å². The number of benzene rings is 2. The van der Waals surface area contributed by atoms with Gasteiger partial charge in [0.05, 0.1) is 6.04 Å². The Kier molecular flexibility index (Phi) is 7.88. The fourth-order valence-corrected chi connectivity index (χ4v) is 4.24. The number of anilines is 2. The van der Waals surface area contributed by atoms with Gasteiger partial charge in [-0.3, -0.25) is 19.5 Å². The maximum atomic E-state index is 12.6. The molecule has 1 aliphatic heterocycles. The van der Waals surface area contributed by atoms with Crippen LogP contribution in [0.4, 0.5) is 11.4 Å². The number of rotatable bonds is 7. The van der Waals surface area contributed by atoms with Crippen molar-refractivity contribution in [1.82, 2.24) is 15.2 Å². The van der Waals surface area contributed by atoms with Crippen LogP contribution in [0.5, 0.6) is 0 Å². The molecule has 34 heavy (non-hydrogen) atoms. The van der Waals surface area contributed by atoms with Crippen LogP contribution in [0.3, 0.4) is 0 Å². The largest absolute Gasteiger partial charge is 0.369 e. The summed E-state index contributed by atoms with van der Waals surface area (Å²) in [5, 5.41) is 5.51. The molecule has 0 unspecified atom stereocenters. The van der Waals surface area contributed by atoms with Gasteiger partial charge in [-0.1, -0.05) is 43.3 Å². The summed E-state index contributed by atoms with van der Waals surface area (Å²) < 4.78 is 0. The smallest absolute Gasteiger partial charge is 0.313 e. The quantitative estimate of drug-likeness (QED) is 0.533. The number of carbonyl (C=O) groups excluding carboxylic acids is 2. The Labute approximate surface area is 200 Å². The van der Waals surface area contributed by atoms with E-state index in [-0.39, 0.29) is 6.04 Å². The van der Waals surface area contributed by atoms with E-state index in [0.717, 1.165) is 38.2 Å². The molecule has 4 rings (SSSR count). The first-order chi connectivity index (χ1) is 16.6. The van der Waals surface area contributed by atoms with Crippen molar-refractivity contribution in [3.8, 4) is 0 Å². The Bertz CT molecular complexity index is 1070. The summed E-state index contributed by atoms with van der Waals surface area (Å²) >= 11 is 0. The third kappa shape index (κ3) is 5.99. The minimum Gasteiger partial charge on any atom is -0.369 e. The first kappa shape index (κ1) is 23.4. The van der Waals surface area contributed by atoms with E-state index < -0.39 is 11.8 Å². The number of carbonyl (C=O) groups is 2. The van der Waals surface area contributed by atoms with Crippen LogP contribution in [0.25, 0.3) is 0 Å². The highest BCUT2D eigenvalue weighted by atomic mass is 16.2. The lowest BCUT2D eigenvalue weighted by Gasteiger charge is -2.40. The van der Waals surface area contributed by atoms with E-state index in [1.54, 1.807) is 6.20 Å². The predicted octanol–water partition coefficient (Wildman–Crippen LogP) is 3.26. The zero-order chi connectivity index (χ0) is 23.8. The second-order valence-corrected chi connectivity index (χ2v) is 8.38. The summed E-state index contributed by atoms with van der Waals surface area (Å²) in [6.07, 6.45) is 4.49. The van der Waals surface area contributed by atoms with Gasteiger partial charge in [0.1, 0.15) is 0 Å². The molecule has 1 fully saturated rings. The van der Waals surface area contributed by atoms with E-state index in [1.807, 2.05) is 48.7 Å². The maximum Gasteiger partial charge on any atom is 0.313 e. The number of aryl methyl sites for hydroxylation is 1. The number of piperazine rings is 1. The van der Waals surface area contributed by atoms with Gasteiger partial charge in [0.25, 0.3) is 0 Å². The molecule has 1 saturated heterocycles. The number of aromatic nitrogens is 1. The second-order valence-electron chi connectivity index (χ2n) is 8.38. The van der Waals surface area contributed by atoms with E-state index in [0.29, 0.717) is 12.2 Å². The molecule has 1 aliphatic rings. The zero-order valence-corrected chi connectivity index (χ0v) is 19.5. The first-order valence-electron chi connectivity index (χ1n) is 11.8. The topological polar surface area (TPSA) is 77.6 Å². The fourth-order valence-electron chi connectivity index (χ4n) is 4.24. The summed E-state index contributed by atoms with van der Waals surface area (Å²) in [4.78, 5) is 34.0. The van der Waals surface area contributed by atoms with Gasteiger partial charge in [0, 0.05) is 56.5 Å². The third-order valence-corrected chi connectivity index (χ3v) is 6.23. The second kappa shape index (κ2) is 11.4. The summed E-state index contributed by atoms with van der Waals surface area (Å²) in [7, 11) is 0. The maximum absolute atomic E-state index is 12.6. The van der Waals surface area contributed by atoms with Crippen LogP contribution in [0.2, 0.25) is 0 Å². The summed E-state index contributed by atoms with van der Waals surface area (Å²) in [5.74, 6) is -1.31. The molecule has 2 aromatic carbocycles. The van der Waals surface area contributed by atoms with E-state index in [2.05, 4.69) is 56.6 Å². The van der Waals surface area contributed by atoms with Crippen molar-refractivity contribution in [3.05, 3.63) is 90.3 Å². The number of nitrogens with one attached hydrogen (secondary N) is 2. The Hall–Kier alpha value is -3.71. The summed E-state index contributed by atoms with van der Waals surface area (Å²) in [5.41, 5.74) is 4.02. The van der Waals surface area contributed by atoms with Crippen molar-refractivity contribution >= 4 is 23.2 Å². The van der Waals surface area contributed by atoms with E-state index in [1.165, 1.54) is 11.3 Å². The molecule has 7 nitrogen and oxygen atoms in total. The molecule has 3 aromatic rings. The molecule has 7 heteroatoms. The SMILES string of the molecule is CCc1ccc(NC(=O)C(=O)NC[C@@H](c2cccnc2)N2CCN(c3ccccc3)CC2)cc1. The highest BCUT2D eigenvalue weighted by Crippen LogP contribution is 2.23. The van der Waals surface area contributed by atoms with Crippen molar-refractivity contribution in [1.29, 1.82) is 0 Å². The molecule has 0 bridgehead atoms. The number of hydrogen-bond acceptors (Lipinski definition) is 5. The molecule has 2 heterocycles. The van der Waals surface area contributed by atoms with Crippen LogP contribution in [-0.4, -0.2) is 54.4 Å². The third-order valence-electron chi connectivity index (χ3n) is 6.23. The molecule has 0 radical (unpaired) electrons. The van der Waals surface area contributed by atoms with Gasteiger partial charge < -0.3 is 15.5 Å². The molecule has 2 N–H and O–H groups in total. The average Bonchev–Trinajstić information content (AvgIpc) is 2.90. The van der Waals surface area contributed by atoms with Gasteiger partial charge in [-0.05, 0) is 47.9 Å². The standard InChI is InChI=1S/C27H31N5O2/c1-2-21-10-12-23(13-11-21)30-27(34)26(33)29-20-25(22-7-6-14-28-19-22)32-17-15-31(16-18-32)24-8-4-3-5-9-24/h3-14,19,25H,2,15-18,20H2,1H3,(H,29,33)(H,30,34)/t25-/m0/s1. The number of para-hydroxylation sites is 1. The molecule has 0 saturated carbocycles. The molecular formula is C27H31N5O2. The lowest BCUT2D eigenvalue weighted by Crippen LogP contribution is -2.50. The number of nitrogens with zero attached hydrogens (tertiary/aromatic N) is 3.